The zero-order valence-corrected chi connectivity index (χ0v) is 19.1. The van der Waals surface area contributed by atoms with Gasteiger partial charge in [-0.05, 0) is 45.1 Å². The molecule has 0 bridgehead atoms. The highest BCUT2D eigenvalue weighted by Gasteiger charge is 2.29. The molecular formula is C20H38N6O6. The van der Waals surface area contributed by atoms with Gasteiger partial charge in [-0.15, -0.1) is 0 Å². The molecule has 0 aromatic rings. The van der Waals surface area contributed by atoms with Crippen LogP contribution in [-0.2, 0) is 24.0 Å². The fraction of sp³-hybridized carbons (Fsp3) is 0.750. The molecule has 0 aliphatic carbocycles. The van der Waals surface area contributed by atoms with Gasteiger partial charge < -0.3 is 38.3 Å². The van der Waals surface area contributed by atoms with Crippen molar-refractivity contribution in [3.8, 4) is 0 Å². The highest BCUT2D eigenvalue weighted by atomic mass is 16.4. The van der Waals surface area contributed by atoms with Gasteiger partial charge in [0, 0.05) is 6.42 Å². The van der Waals surface area contributed by atoms with E-state index in [0.29, 0.717) is 25.8 Å². The summed E-state index contributed by atoms with van der Waals surface area (Å²) in [7, 11) is 0. The quantitative estimate of drug-likeness (QED) is 0.132. The highest BCUT2D eigenvalue weighted by Crippen LogP contribution is 2.06. The smallest absolute Gasteiger partial charge is 0.326 e. The second-order valence-corrected chi connectivity index (χ2v) is 7.89. The van der Waals surface area contributed by atoms with Crippen molar-refractivity contribution in [1.29, 1.82) is 0 Å². The predicted molar refractivity (Wildman–Crippen MR) is 118 cm³/mol. The van der Waals surface area contributed by atoms with Crippen LogP contribution in [0.5, 0.6) is 0 Å². The van der Waals surface area contributed by atoms with Crippen molar-refractivity contribution >= 4 is 29.6 Å². The summed E-state index contributed by atoms with van der Waals surface area (Å²) in [6.45, 7) is 5.51. The first-order chi connectivity index (χ1) is 14.9. The van der Waals surface area contributed by atoms with Gasteiger partial charge in [-0.25, -0.2) is 4.79 Å². The first kappa shape index (κ1) is 29.3. The summed E-state index contributed by atoms with van der Waals surface area (Å²) in [5.74, 6) is -3.97. The third-order valence-electron chi connectivity index (χ3n) is 5.19. The summed E-state index contributed by atoms with van der Waals surface area (Å²) in [6, 6.07) is -4.20. The topological polar surface area (TPSA) is 220 Å². The number of unbranched alkanes of at least 4 members (excludes halogenated alkanes) is 1. The van der Waals surface area contributed by atoms with Gasteiger partial charge in [-0.2, -0.15) is 0 Å². The number of nitrogens with two attached hydrogens (primary N) is 3. The van der Waals surface area contributed by atoms with Crippen molar-refractivity contribution in [2.24, 2.45) is 23.1 Å². The van der Waals surface area contributed by atoms with E-state index in [0.717, 1.165) is 0 Å². The van der Waals surface area contributed by atoms with Gasteiger partial charge in [0.15, 0.2) is 0 Å². The number of nitrogens with one attached hydrogen (secondary N) is 3. The number of carbonyl (C=O) groups is 5. The molecule has 4 amide bonds. The van der Waals surface area contributed by atoms with E-state index < -0.39 is 53.8 Å². The molecule has 184 valence electrons. The van der Waals surface area contributed by atoms with Crippen LogP contribution in [0.25, 0.3) is 0 Å². The number of rotatable bonds is 16. The lowest BCUT2D eigenvalue weighted by Gasteiger charge is -2.24. The Kier molecular flexibility index (Phi) is 13.8. The van der Waals surface area contributed by atoms with Crippen LogP contribution in [0.15, 0.2) is 0 Å². The fourth-order valence-electron chi connectivity index (χ4n) is 2.76. The lowest BCUT2D eigenvalue weighted by Crippen LogP contribution is -2.57. The number of aliphatic carboxylic acids is 1. The fourth-order valence-corrected chi connectivity index (χ4v) is 2.76. The Labute approximate surface area is 188 Å². The van der Waals surface area contributed by atoms with Crippen molar-refractivity contribution in [2.45, 2.75) is 83.5 Å². The van der Waals surface area contributed by atoms with E-state index in [9.17, 15) is 29.1 Å². The minimum absolute atomic E-state index is 0.0911. The second kappa shape index (κ2) is 15.1. The van der Waals surface area contributed by atoms with Crippen molar-refractivity contribution in [2.75, 3.05) is 6.54 Å². The van der Waals surface area contributed by atoms with E-state index in [2.05, 4.69) is 16.0 Å². The van der Waals surface area contributed by atoms with E-state index in [4.69, 9.17) is 17.2 Å². The average molecular weight is 459 g/mol. The average Bonchev–Trinajstić information content (AvgIpc) is 2.73. The maximum Gasteiger partial charge on any atom is 0.326 e. The molecule has 0 aromatic carbocycles. The number of hydrogen-bond donors (Lipinski definition) is 7. The SMILES string of the molecule is CC[C@H](C)[C@H](N)C(=O)N[C@@H](C)C(=O)N[C@@H](CCC(N)=O)C(=O)N[C@@H](CCCCN)C(=O)O. The van der Waals surface area contributed by atoms with Crippen LogP contribution in [0.1, 0.15) is 59.3 Å². The van der Waals surface area contributed by atoms with Crippen LogP contribution in [-0.4, -0.2) is 65.4 Å². The molecule has 12 heteroatoms. The largest absolute Gasteiger partial charge is 0.480 e. The Morgan fingerprint density at radius 3 is 1.97 bits per heavy atom. The Bertz CT molecular complexity index is 658. The maximum atomic E-state index is 12.6. The minimum Gasteiger partial charge on any atom is -0.480 e. The van der Waals surface area contributed by atoms with Gasteiger partial charge in [0.1, 0.15) is 18.1 Å². The molecular weight excluding hydrogens is 420 g/mol. The first-order valence-corrected chi connectivity index (χ1v) is 10.8. The van der Waals surface area contributed by atoms with E-state index in [-0.39, 0.29) is 25.2 Å². The normalized spacial score (nSPS) is 15.5. The molecule has 0 aromatic heterocycles. The lowest BCUT2D eigenvalue weighted by molar-refractivity contribution is -0.142. The van der Waals surface area contributed by atoms with Crippen molar-refractivity contribution in [3.63, 3.8) is 0 Å². The van der Waals surface area contributed by atoms with Gasteiger partial charge in [0.25, 0.3) is 0 Å². The summed E-state index contributed by atoms with van der Waals surface area (Å²) in [6.07, 6.45) is 1.59. The summed E-state index contributed by atoms with van der Waals surface area (Å²) in [5.41, 5.74) is 16.4. The van der Waals surface area contributed by atoms with Crippen LogP contribution >= 0.6 is 0 Å². The molecule has 0 heterocycles. The Hall–Kier alpha value is -2.73. The Morgan fingerprint density at radius 2 is 1.47 bits per heavy atom. The molecule has 12 nitrogen and oxygen atoms in total. The van der Waals surface area contributed by atoms with E-state index >= 15 is 0 Å². The van der Waals surface area contributed by atoms with Gasteiger partial charge >= 0.3 is 5.97 Å². The van der Waals surface area contributed by atoms with Crippen LogP contribution in [0.4, 0.5) is 0 Å². The molecule has 0 rings (SSSR count). The number of carboxylic acids is 1. The molecule has 0 unspecified atom stereocenters. The molecule has 0 aliphatic rings. The lowest BCUT2D eigenvalue weighted by atomic mass is 9.99. The summed E-state index contributed by atoms with van der Waals surface area (Å²) >= 11 is 0. The first-order valence-electron chi connectivity index (χ1n) is 10.8. The number of carbonyl (C=O) groups excluding carboxylic acids is 4. The second-order valence-electron chi connectivity index (χ2n) is 7.89. The van der Waals surface area contributed by atoms with E-state index in [1.165, 1.54) is 6.92 Å². The number of primary amides is 1. The Morgan fingerprint density at radius 1 is 0.875 bits per heavy atom. The summed E-state index contributed by atoms with van der Waals surface area (Å²) in [4.78, 5) is 60.0. The molecule has 5 atom stereocenters. The Balaban J connectivity index is 5.17. The molecule has 0 aliphatic heterocycles. The molecule has 0 saturated carbocycles. The molecule has 0 saturated heterocycles. The maximum absolute atomic E-state index is 12.6. The highest BCUT2D eigenvalue weighted by molar-refractivity contribution is 5.94. The summed E-state index contributed by atoms with van der Waals surface area (Å²) in [5, 5.41) is 16.6. The van der Waals surface area contributed by atoms with Crippen molar-refractivity contribution in [1.82, 2.24) is 16.0 Å². The number of hydrogen-bond acceptors (Lipinski definition) is 7. The van der Waals surface area contributed by atoms with E-state index in [1.54, 1.807) is 0 Å². The van der Waals surface area contributed by atoms with Crippen molar-refractivity contribution in [3.05, 3.63) is 0 Å². The van der Waals surface area contributed by atoms with Crippen LogP contribution < -0.4 is 33.2 Å². The van der Waals surface area contributed by atoms with Crippen LogP contribution in [0.2, 0.25) is 0 Å². The van der Waals surface area contributed by atoms with Gasteiger partial charge in [-0.1, -0.05) is 20.3 Å². The molecule has 0 fully saturated rings. The zero-order valence-electron chi connectivity index (χ0n) is 19.1. The standard InChI is InChI=1S/C20H38N6O6/c1-4-11(2)16(23)19(30)24-12(3)17(28)25-13(8-9-15(22)27)18(29)26-14(20(31)32)7-5-6-10-21/h11-14,16H,4-10,21,23H2,1-3H3,(H2,22,27)(H,24,30)(H,25,28)(H,26,29)(H,31,32)/t11-,12-,13-,14-,16-/m0/s1. The van der Waals surface area contributed by atoms with Gasteiger partial charge in [0.2, 0.25) is 23.6 Å². The van der Waals surface area contributed by atoms with Crippen LogP contribution in [0, 0.1) is 5.92 Å². The van der Waals surface area contributed by atoms with Crippen molar-refractivity contribution < 1.29 is 29.1 Å². The van der Waals surface area contributed by atoms with E-state index in [1.807, 2.05) is 13.8 Å². The molecule has 10 N–H and O–H groups in total. The third kappa shape index (κ3) is 11.0. The molecule has 0 radical (unpaired) electrons. The number of carboxylic acid groups (broad SMARTS) is 1. The zero-order chi connectivity index (χ0) is 24.8. The van der Waals surface area contributed by atoms with Gasteiger partial charge in [-0.3, -0.25) is 19.2 Å². The predicted octanol–water partition coefficient (Wildman–Crippen LogP) is -1.69. The third-order valence-corrected chi connectivity index (χ3v) is 5.19. The monoisotopic (exact) mass is 458 g/mol. The van der Waals surface area contributed by atoms with Crippen LogP contribution in [0.3, 0.4) is 0 Å². The number of amides is 4. The molecule has 32 heavy (non-hydrogen) atoms. The van der Waals surface area contributed by atoms with Gasteiger partial charge in [0.05, 0.1) is 6.04 Å². The summed E-state index contributed by atoms with van der Waals surface area (Å²) < 4.78 is 0. The minimum atomic E-state index is -1.23. The molecule has 0 spiro atoms.